The Morgan fingerprint density at radius 2 is 1.76 bits per heavy atom. The minimum atomic E-state index is -2.94. The number of nitrogens with zero attached hydrogens (tertiary/aromatic N) is 1. The van der Waals surface area contributed by atoms with Crippen LogP contribution >= 0.6 is 0 Å². The zero-order chi connectivity index (χ0) is 13.1. The molecule has 0 amide bonds. The molecule has 0 fully saturated rings. The molecule has 0 bridgehead atoms. The lowest BCUT2D eigenvalue weighted by Crippen LogP contribution is -2.24. The first-order valence-electron chi connectivity index (χ1n) is 5.29. The van der Waals surface area contributed by atoms with Crippen molar-refractivity contribution in [2.75, 3.05) is 30.5 Å². The van der Waals surface area contributed by atoms with Crippen molar-refractivity contribution < 1.29 is 13.2 Å². The van der Waals surface area contributed by atoms with E-state index < -0.39 is 9.84 Å². The van der Waals surface area contributed by atoms with E-state index in [4.69, 9.17) is 0 Å². The lowest BCUT2D eigenvalue weighted by atomic mass is 10.1. The highest BCUT2D eigenvalue weighted by Crippen LogP contribution is 2.14. The summed E-state index contributed by atoms with van der Waals surface area (Å²) in [6.45, 7) is 1.96. The SMILES string of the molecule is CC(=O)c1ccc(N(C)CCS(C)(=O)=O)cc1. The van der Waals surface area contributed by atoms with Crippen LogP contribution in [0.25, 0.3) is 0 Å². The van der Waals surface area contributed by atoms with Gasteiger partial charge in [0.1, 0.15) is 9.84 Å². The van der Waals surface area contributed by atoms with Crippen molar-refractivity contribution in [1.29, 1.82) is 0 Å². The van der Waals surface area contributed by atoms with E-state index in [0.29, 0.717) is 12.1 Å². The quantitative estimate of drug-likeness (QED) is 0.746. The van der Waals surface area contributed by atoms with Gasteiger partial charge >= 0.3 is 0 Å². The maximum Gasteiger partial charge on any atom is 0.159 e. The van der Waals surface area contributed by atoms with Crippen LogP contribution < -0.4 is 4.90 Å². The Morgan fingerprint density at radius 1 is 1.24 bits per heavy atom. The van der Waals surface area contributed by atoms with Gasteiger partial charge in [0.15, 0.2) is 5.78 Å². The van der Waals surface area contributed by atoms with Crippen molar-refractivity contribution in [2.45, 2.75) is 6.92 Å². The molecule has 0 saturated carbocycles. The summed E-state index contributed by atoms with van der Waals surface area (Å²) >= 11 is 0. The summed E-state index contributed by atoms with van der Waals surface area (Å²) in [5.74, 6) is 0.146. The Morgan fingerprint density at radius 3 is 2.18 bits per heavy atom. The fourth-order valence-corrected chi connectivity index (χ4v) is 1.99. The molecule has 0 aliphatic heterocycles. The third-order valence-corrected chi connectivity index (χ3v) is 3.44. The number of Topliss-reactive ketones (excluding diaryl/α,β-unsaturated/α-hetero) is 1. The second-order valence-corrected chi connectivity index (χ2v) is 6.41. The van der Waals surface area contributed by atoms with Crippen LogP contribution in [0.5, 0.6) is 0 Å². The molecule has 0 spiro atoms. The van der Waals surface area contributed by atoms with Crippen LogP contribution in [0, 0.1) is 0 Å². The minimum absolute atomic E-state index is 0.0235. The second kappa shape index (κ2) is 5.31. The average molecular weight is 255 g/mol. The Kier molecular flexibility index (Phi) is 4.28. The Balaban J connectivity index is 2.70. The average Bonchev–Trinajstić information content (AvgIpc) is 2.25. The molecule has 0 aromatic heterocycles. The van der Waals surface area contributed by atoms with E-state index in [1.807, 2.05) is 24.1 Å². The first-order chi connectivity index (χ1) is 7.79. The van der Waals surface area contributed by atoms with Crippen LogP contribution in [-0.4, -0.2) is 39.8 Å². The number of sulfone groups is 1. The molecule has 0 radical (unpaired) electrons. The number of anilines is 1. The zero-order valence-corrected chi connectivity index (χ0v) is 11.1. The number of hydrogen-bond donors (Lipinski definition) is 0. The predicted molar refractivity (Wildman–Crippen MR) is 69.4 cm³/mol. The molecular formula is C12H17NO3S. The predicted octanol–water partition coefficient (Wildman–Crippen LogP) is 1.37. The Labute approximate surface area is 102 Å². The third-order valence-electron chi connectivity index (χ3n) is 2.51. The lowest BCUT2D eigenvalue weighted by Gasteiger charge is -2.18. The largest absolute Gasteiger partial charge is 0.374 e. The van der Waals surface area contributed by atoms with Crippen molar-refractivity contribution >= 4 is 21.3 Å². The van der Waals surface area contributed by atoms with Gasteiger partial charge in [-0.15, -0.1) is 0 Å². The molecule has 0 atom stereocenters. The number of benzene rings is 1. The molecule has 94 valence electrons. The molecule has 0 saturated heterocycles. The van der Waals surface area contributed by atoms with Crippen LogP contribution in [-0.2, 0) is 9.84 Å². The van der Waals surface area contributed by atoms with E-state index in [0.717, 1.165) is 5.69 Å². The van der Waals surface area contributed by atoms with Gasteiger partial charge in [0.2, 0.25) is 0 Å². The van der Waals surface area contributed by atoms with E-state index in [-0.39, 0.29) is 11.5 Å². The van der Waals surface area contributed by atoms with Crippen LogP contribution in [0.4, 0.5) is 5.69 Å². The van der Waals surface area contributed by atoms with Crippen LogP contribution in [0.1, 0.15) is 17.3 Å². The lowest BCUT2D eigenvalue weighted by molar-refractivity contribution is 0.101. The first-order valence-corrected chi connectivity index (χ1v) is 7.35. The maximum absolute atomic E-state index is 11.1. The molecule has 1 aromatic rings. The molecule has 4 nitrogen and oxygen atoms in total. The smallest absolute Gasteiger partial charge is 0.159 e. The van der Waals surface area contributed by atoms with E-state index in [1.54, 1.807) is 12.1 Å². The molecular weight excluding hydrogens is 238 g/mol. The van der Waals surface area contributed by atoms with E-state index in [1.165, 1.54) is 13.2 Å². The summed E-state index contributed by atoms with van der Waals surface area (Å²) in [4.78, 5) is 12.9. The first kappa shape index (κ1) is 13.7. The van der Waals surface area contributed by atoms with E-state index in [2.05, 4.69) is 0 Å². The van der Waals surface area contributed by atoms with Crippen molar-refractivity contribution in [3.05, 3.63) is 29.8 Å². The summed E-state index contributed by atoms with van der Waals surface area (Å²) < 4.78 is 22.1. The minimum Gasteiger partial charge on any atom is -0.374 e. The monoisotopic (exact) mass is 255 g/mol. The number of rotatable bonds is 5. The van der Waals surface area contributed by atoms with Gasteiger partial charge in [-0.2, -0.15) is 0 Å². The van der Waals surface area contributed by atoms with Gasteiger partial charge in [0, 0.05) is 31.1 Å². The summed E-state index contributed by atoms with van der Waals surface area (Å²) in [7, 11) is -1.12. The summed E-state index contributed by atoms with van der Waals surface area (Å²) in [5.41, 5.74) is 1.56. The number of ketones is 1. The highest BCUT2D eigenvalue weighted by molar-refractivity contribution is 7.90. The zero-order valence-electron chi connectivity index (χ0n) is 10.3. The summed E-state index contributed by atoms with van der Waals surface area (Å²) in [6.07, 6.45) is 1.22. The fourth-order valence-electron chi connectivity index (χ4n) is 1.38. The van der Waals surface area contributed by atoms with E-state index in [9.17, 15) is 13.2 Å². The van der Waals surface area contributed by atoms with Crippen LogP contribution in [0.3, 0.4) is 0 Å². The van der Waals surface area contributed by atoms with Crippen molar-refractivity contribution in [3.8, 4) is 0 Å². The van der Waals surface area contributed by atoms with Gasteiger partial charge in [-0.25, -0.2) is 8.42 Å². The van der Waals surface area contributed by atoms with Gasteiger partial charge in [-0.3, -0.25) is 4.79 Å². The van der Waals surface area contributed by atoms with Gasteiger partial charge in [-0.1, -0.05) is 0 Å². The molecule has 0 aliphatic carbocycles. The normalized spacial score (nSPS) is 11.2. The van der Waals surface area contributed by atoms with Crippen molar-refractivity contribution in [3.63, 3.8) is 0 Å². The van der Waals surface area contributed by atoms with Gasteiger partial charge in [-0.05, 0) is 31.2 Å². The van der Waals surface area contributed by atoms with Gasteiger partial charge in [0.05, 0.1) is 5.75 Å². The van der Waals surface area contributed by atoms with Gasteiger partial charge in [0.25, 0.3) is 0 Å². The molecule has 17 heavy (non-hydrogen) atoms. The topological polar surface area (TPSA) is 54.5 Å². The fraction of sp³-hybridized carbons (Fsp3) is 0.417. The highest BCUT2D eigenvalue weighted by Gasteiger charge is 2.07. The molecule has 0 heterocycles. The molecule has 0 aliphatic rings. The van der Waals surface area contributed by atoms with Crippen LogP contribution in [0.2, 0.25) is 0 Å². The summed E-state index contributed by atoms with van der Waals surface area (Å²) in [6, 6.07) is 7.13. The van der Waals surface area contributed by atoms with E-state index >= 15 is 0 Å². The highest BCUT2D eigenvalue weighted by atomic mass is 32.2. The third kappa shape index (κ3) is 4.56. The second-order valence-electron chi connectivity index (χ2n) is 4.15. The van der Waals surface area contributed by atoms with Crippen molar-refractivity contribution in [1.82, 2.24) is 0 Å². The number of hydrogen-bond acceptors (Lipinski definition) is 4. The molecule has 0 N–H and O–H groups in total. The Hall–Kier alpha value is -1.36. The van der Waals surface area contributed by atoms with Gasteiger partial charge < -0.3 is 4.90 Å². The summed E-state index contributed by atoms with van der Waals surface area (Å²) in [5, 5.41) is 0. The number of carbonyl (C=O) groups is 1. The Bertz CT molecular complexity index is 491. The standard InChI is InChI=1S/C12H17NO3S/c1-10(14)11-4-6-12(7-5-11)13(2)8-9-17(3,15)16/h4-7H,8-9H2,1-3H3. The van der Waals surface area contributed by atoms with Crippen molar-refractivity contribution in [2.24, 2.45) is 0 Å². The molecule has 1 aromatic carbocycles. The molecule has 0 unspecified atom stereocenters. The molecule has 1 rings (SSSR count). The molecule has 5 heteroatoms. The van der Waals surface area contributed by atoms with Crippen LogP contribution in [0.15, 0.2) is 24.3 Å². The number of carbonyl (C=O) groups excluding carboxylic acids is 1. The maximum atomic E-state index is 11.1.